The molecule has 6 nitrogen and oxygen atoms in total. The first-order valence-corrected chi connectivity index (χ1v) is 9.27. The van der Waals surface area contributed by atoms with E-state index < -0.39 is 28.4 Å². The smallest absolute Gasteiger partial charge is 0.252 e. The molecule has 3 aromatic heterocycles. The van der Waals surface area contributed by atoms with Gasteiger partial charge < -0.3 is 9.15 Å². The molecule has 0 aliphatic heterocycles. The molecule has 0 radical (unpaired) electrons. The summed E-state index contributed by atoms with van der Waals surface area (Å²) in [5.41, 5.74) is 0.605. The molecule has 11 heteroatoms. The van der Waals surface area contributed by atoms with Crippen LogP contribution in [0.3, 0.4) is 0 Å². The van der Waals surface area contributed by atoms with Gasteiger partial charge in [-0.3, -0.25) is 4.57 Å². The third-order valence-electron chi connectivity index (χ3n) is 4.09. The summed E-state index contributed by atoms with van der Waals surface area (Å²) >= 11 is 0.390. The molecule has 0 spiro atoms. The molecule has 154 valence electrons. The minimum atomic E-state index is -1.75. The molecular weight excluding hydrogens is 424 g/mol. The quantitative estimate of drug-likeness (QED) is 0.323. The molecule has 4 rings (SSSR count). The summed E-state index contributed by atoms with van der Waals surface area (Å²) in [7, 11) is 1.51. The molecule has 0 aliphatic rings. The molecule has 1 aromatic carbocycles. The van der Waals surface area contributed by atoms with E-state index in [-0.39, 0.29) is 11.7 Å². The van der Waals surface area contributed by atoms with Gasteiger partial charge in [0.25, 0.3) is 11.9 Å². The minimum absolute atomic E-state index is 0.00739. The Morgan fingerprint density at radius 3 is 2.47 bits per heavy atom. The van der Waals surface area contributed by atoms with Crippen molar-refractivity contribution in [3.05, 3.63) is 72.0 Å². The molecule has 30 heavy (non-hydrogen) atoms. The first-order chi connectivity index (χ1) is 14.5. The third kappa shape index (κ3) is 3.75. The number of hydrogen-bond donors (Lipinski definition) is 0. The van der Waals surface area contributed by atoms with E-state index in [0.717, 1.165) is 0 Å². The van der Waals surface area contributed by atoms with Crippen molar-refractivity contribution < 1.29 is 26.7 Å². The maximum Gasteiger partial charge on any atom is 0.252 e. The summed E-state index contributed by atoms with van der Waals surface area (Å²) in [6.45, 7) is 0.105. The molecule has 3 heterocycles. The molecule has 0 aliphatic carbocycles. The zero-order chi connectivity index (χ0) is 21.3. The van der Waals surface area contributed by atoms with E-state index in [9.17, 15) is 17.6 Å². The van der Waals surface area contributed by atoms with E-state index in [0.29, 0.717) is 34.7 Å². The number of furan rings is 1. The second-order valence-electron chi connectivity index (χ2n) is 5.96. The number of halogens is 4. The number of pyridine rings is 1. The topological polar surface area (TPSA) is 66.0 Å². The molecule has 0 atom stereocenters. The molecule has 0 fully saturated rings. The Kier molecular flexibility index (Phi) is 5.44. The first-order valence-electron chi connectivity index (χ1n) is 8.45. The largest absolute Gasteiger partial charge is 0.497 e. The van der Waals surface area contributed by atoms with Gasteiger partial charge in [-0.15, -0.1) is 10.2 Å². The molecule has 0 amide bonds. The van der Waals surface area contributed by atoms with E-state index in [1.54, 1.807) is 36.4 Å². The Morgan fingerprint density at radius 1 is 1.03 bits per heavy atom. The van der Waals surface area contributed by atoms with Crippen molar-refractivity contribution in [3.63, 3.8) is 0 Å². The number of rotatable bonds is 6. The lowest BCUT2D eigenvalue weighted by atomic mass is 10.2. The minimum Gasteiger partial charge on any atom is -0.497 e. The van der Waals surface area contributed by atoms with Crippen molar-refractivity contribution in [1.82, 2.24) is 19.7 Å². The van der Waals surface area contributed by atoms with Gasteiger partial charge in [0, 0.05) is 5.56 Å². The SMILES string of the molecule is COc1cccc(-c2nnc(Sc3c(F)c(F)nc(F)c3F)n2Cc2ccco2)c1. The Morgan fingerprint density at radius 2 is 1.80 bits per heavy atom. The number of nitrogens with zero attached hydrogens (tertiary/aromatic N) is 4. The lowest BCUT2D eigenvalue weighted by Gasteiger charge is -2.10. The van der Waals surface area contributed by atoms with Crippen molar-refractivity contribution in [2.75, 3.05) is 7.11 Å². The van der Waals surface area contributed by atoms with E-state index in [1.807, 2.05) is 0 Å². The van der Waals surface area contributed by atoms with Gasteiger partial charge in [-0.1, -0.05) is 12.1 Å². The van der Waals surface area contributed by atoms with Crippen molar-refractivity contribution in [3.8, 4) is 17.1 Å². The van der Waals surface area contributed by atoms with Crippen LogP contribution in [0.2, 0.25) is 0 Å². The third-order valence-corrected chi connectivity index (χ3v) is 5.14. The Balaban J connectivity index is 1.82. The lowest BCUT2D eigenvalue weighted by Crippen LogP contribution is -2.06. The highest BCUT2D eigenvalue weighted by atomic mass is 32.2. The fourth-order valence-electron chi connectivity index (χ4n) is 2.69. The van der Waals surface area contributed by atoms with E-state index in [1.165, 1.54) is 17.9 Å². The van der Waals surface area contributed by atoms with Gasteiger partial charge in [0.2, 0.25) is 0 Å². The summed E-state index contributed by atoms with van der Waals surface area (Å²) in [5, 5.41) is 8.04. The van der Waals surface area contributed by atoms with Gasteiger partial charge in [-0.05, 0) is 36.0 Å². The first kappa shape index (κ1) is 20.0. The lowest BCUT2D eigenvalue weighted by molar-refractivity contribution is 0.383. The molecule has 0 unspecified atom stereocenters. The van der Waals surface area contributed by atoms with Crippen molar-refractivity contribution in [2.24, 2.45) is 0 Å². The van der Waals surface area contributed by atoms with Crippen LogP contribution < -0.4 is 4.74 Å². The predicted molar refractivity (Wildman–Crippen MR) is 98.0 cm³/mol. The molecule has 4 aromatic rings. The average Bonchev–Trinajstić information content (AvgIpc) is 3.40. The fourth-order valence-corrected chi connectivity index (χ4v) is 3.56. The second kappa shape index (κ2) is 8.19. The van der Waals surface area contributed by atoms with Crippen LogP contribution in [0.5, 0.6) is 5.75 Å². The zero-order valence-corrected chi connectivity index (χ0v) is 16.1. The molecule has 0 saturated heterocycles. The van der Waals surface area contributed by atoms with Gasteiger partial charge in [0.15, 0.2) is 22.6 Å². The zero-order valence-electron chi connectivity index (χ0n) is 15.3. The van der Waals surface area contributed by atoms with Crippen LogP contribution in [0.15, 0.2) is 57.1 Å². The Bertz CT molecular complexity index is 1170. The van der Waals surface area contributed by atoms with E-state index in [4.69, 9.17) is 9.15 Å². The van der Waals surface area contributed by atoms with Crippen LogP contribution in [0.25, 0.3) is 11.4 Å². The van der Waals surface area contributed by atoms with Crippen LogP contribution >= 0.6 is 11.8 Å². The number of ether oxygens (including phenoxy) is 1. The predicted octanol–water partition coefficient (Wildman–Crippen LogP) is 4.70. The highest BCUT2D eigenvalue weighted by Crippen LogP contribution is 2.35. The second-order valence-corrected chi connectivity index (χ2v) is 6.93. The van der Waals surface area contributed by atoms with Gasteiger partial charge in [-0.25, -0.2) is 8.78 Å². The van der Waals surface area contributed by atoms with Crippen LogP contribution in [0.1, 0.15) is 5.76 Å². The van der Waals surface area contributed by atoms with Crippen molar-refractivity contribution in [2.45, 2.75) is 16.6 Å². The van der Waals surface area contributed by atoms with Crippen LogP contribution in [-0.2, 0) is 6.54 Å². The summed E-state index contributed by atoms with van der Waals surface area (Å²) in [6, 6.07) is 10.3. The van der Waals surface area contributed by atoms with Crippen LogP contribution in [0, 0.1) is 23.5 Å². The van der Waals surface area contributed by atoms with Gasteiger partial charge in [-0.2, -0.15) is 13.8 Å². The highest BCUT2D eigenvalue weighted by Gasteiger charge is 2.25. The summed E-state index contributed by atoms with van der Waals surface area (Å²) in [5.74, 6) is -5.33. The highest BCUT2D eigenvalue weighted by molar-refractivity contribution is 7.99. The summed E-state index contributed by atoms with van der Waals surface area (Å²) < 4.78 is 67.3. The van der Waals surface area contributed by atoms with E-state index >= 15 is 0 Å². The normalized spacial score (nSPS) is 11.1. The van der Waals surface area contributed by atoms with Gasteiger partial charge >= 0.3 is 0 Å². The molecule has 0 bridgehead atoms. The number of aromatic nitrogens is 4. The average molecular weight is 436 g/mol. The monoisotopic (exact) mass is 436 g/mol. The fraction of sp³-hybridized carbons (Fsp3) is 0.105. The maximum absolute atomic E-state index is 14.1. The van der Waals surface area contributed by atoms with Crippen LogP contribution in [-0.4, -0.2) is 26.9 Å². The van der Waals surface area contributed by atoms with E-state index in [2.05, 4.69) is 15.2 Å². The summed E-state index contributed by atoms with van der Waals surface area (Å²) in [4.78, 5) is 1.65. The maximum atomic E-state index is 14.1. The standard InChI is InChI=1S/C19H12F4N4O2S/c1-28-11-5-2-4-10(8-11)18-25-26-19(27(18)9-12-6-3-7-29-12)30-15-13(20)16(22)24-17(23)14(15)21/h2-8H,9H2,1H3. The Labute approximate surface area is 171 Å². The van der Waals surface area contributed by atoms with Crippen LogP contribution in [0.4, 0.5) is 17.6 Å². The number of benzene rings is 1. The van der Waals surface area contributed by atoms with Gasteiger partial charge in [0.1, 0.15) is 11.5 Å². The molecule has 0 saturated carbocycles. The number of hydrogen-bond acceptors (Lipinski definition) is 6. The Hall–Kier alpha value is -3.34. The number of methoxy groups -OCH3 is 1. The molecular formula is C19H12F4N4O2S. The van der Waals surface area contributed by atoms with Gasteiger partial charge in [0.05, 0.1) is 24.8 Å². The van der Waals surface area contributed by atoms with Crippen molar-refractivity contribution in [1.29, 1.82) is 0 Å². The van der Waals surface area contributed by atoms with Crippen molar-refractivity contribution >= 4 is 11.8 Å². The molecule has 0 N–H and O–H groups in total. The summed E-state index contributed by atoms with van der Waals surface area (Å²) in [6.07, 6.45) is 1.46.